The van der Waals surface area contributed by atoms with Gasteiger partial charge < -0.3 is 14.8 Å². The molecule has 0 aromatic heterocycles. The number of ether oxygens (including phenoxy) is 2. The zero-order valence-electron chi connectivity index (χ0n) is 19.7. The van der Waals surface area contributed by atoms with Gasteiger partial charge in [0, 0.05) is 10.2 Å². The number of carbonyl (C=O) groups is 1. The van der Waals surface area contributed by atoms with E-state index in [-0.39, 0.29) is 5.57 Å². The van der Waals surface area contributed by atoms with Gasteiger partial charge in [-0.1, -0.05) is 64.5 Å². The maximum atomic E-state index is 12.7. The fraction of sp³-hybridized carbons (Fsp3) is 0.0667. The van der Waals surface area contributed by atoms with Crippen LogP contribution in [0.2, 0.25) is 0 Å². The lowest BCUT2D eigenvalue weighted by atomic mass is 10.1. The summed E-state index contributed by atoms with van der Waals surface area (Å²) in [6.45, 7) is 0.904. The highest BCUT2D eigenvalue weighted by Crippen LogP contribution is 2.25. The van der Waals surface area contributed by atoms with Crippen LogP contribution in [0.1, 0.15) is 16.7 Å². The molecule has 1 N–H and O–H groups in total. The molecule has 5 nitrogen and oxygen atoms in total. The van der Waals surface area contributed by atoms with Gasteiger partial charge in [-0.2, -0.15) is 5.26 Å². The van der Waals surface area contributed by atoms with Gasteiger partial charge in [0.25, 0.3) is 5.91 Å². The predicted octanol–water partition coefficient (Wildman–Crippen LogP) is 7.76. The summed E-state index contributed by atoms with van der Waals surface area (Å²) in [4.78, 5) is 12.7. The van der Waals surface area contributed by atoms with Crippen molar-refractivity contribution in [1.29, 1.82) is 5.26 Å². The van der Waals surface area contributed by atoms with E-state index in [1.807, 2.05) is 78.9 Å². The molecule has 0 aliphatic heterocycles. The molecule has 1 amide bonds. The molecule has 0 aliphatic carbocycles. The maximum Gasteiger partial charge on any atom is 0.266 e. The lowest BCUT2D eigenvalue weighted by molar-refractivity contribution is -0.112. The number of hydrogen-bond donors (Lipinski definition) is 1. The number of carbonyl (C=O) groups excluding carboxylic acids is 1. The molecule has 0 aliphatic rings. The smallest absolute Gasteiger partial charge is 0.266 e. The quantitative estimate of drug-likeness (QED) is 0.113. The average molecular weight is 665 g/mol. The van der Waals surface area contributed by atoms with Crippen molar-refractivity contribution < 1.29 is 14.3 Å². The van der Waals surface area contributed by atoms with Crippen molar-refractivity contribution in [3.05, 3.63) is 127 Å². The standard InChI is InChI=1S/C30H22BrIN2O3/c31-25-9-6-22(7-10-25)20-37-29-15-8-23(17-28(29)32)16-24(18-33)30(35)34-26-11-13-27(14-12-26)36-19-21-4-2-1-3-5-21/h1-17H,19-20H2,(H,34,35)/b24-16+. The van der Waals surface area contributed by atoms with Crippen LogP contribution in [-0.2, 0) is 18.0 Å². The van der Waals surface area contributed by atoms with E-state index in [1.54, 1.807) is 30.3 Å². The van der Waals surface area contributed by atoms with Gasteiger partial charge in [0.2, 0.25) is 0 Å². The van der Waals surface area contributed by atoms with Crippen LogP contribution in [0.5, 0.6) is 11.5 Å². The first-order chi connectivity index (χ1) is 18.0. The number of benzene rings is 4. The number of nitriles is 1. The zero-order valence-corrected chi connectivity index (χ0v) is 23.4. The molecular weight excluding hydrogens is 643 g/mol. The van der Waals surface area contributed by atoms with E-state index in [0.717, 1.165) is 30.5 Å². The summed E-state index contributed by atoms with van der Waals surface area (Å²) in [6.07, 6.45) is 1.56. The first kappa shape index (κ1) is 26.5. The molecule has 184 valence electrons. The predicted molar refractivity (Wildman–Crippen MR) is 157 cm³/mol. The molecule has 0 radical (unpaired) electrons. The van der Waals surface area contributed by atoms with Crippen LogP contribution in [0.4, 0.5) is 5.69 Å². The number of amides is 1. The summed E-state index contributed by atoms with van der Waals surface area (Å²) < 4.78 is 13.6. The summed E-state index contributed by atoms with van der Waals surface area (Å²) in [5.74, 6) is 0.944. The van der Waals surface area contributed by atoms with Gasteiger partial charge in [-0.15, -0.1) is 0 Å². The molecule has 0 fully saturated rings. The van der Waals surface area contributed by atoms with Crippen molar-refractivity contribution in [2.45, 2.75) is 13.2 Å². The first-order valence-corrected chi connectivity index (χ1v) is 13.2. The van der Waals surface area contributed by atoms with E-state index < -0.39 is 5.91 Å². The van der Waals surface area contributed by atoms with Crippen LogP contribution in [0, 0.1) is 14.9 Å². The molecule has 0 bridgehead atoms. The maximum absolute atomic E-state index is 12.7. The van der Waals surface area contributed by atoms with E-state index in [2.05, 4.69) is 43.8 Å². The largest absolute Gasteiger partial charge is 0.489 e. The fourth-order valence-electron chi connectivity index (χ4n) is 3.35. The number of halogens is 2. The molecular formula is C30H22BrIN2O3. The van der Waals surface area contributed by atoms with Crippen molar-refractivity contribution in [3.8, 4) is 17.6 Å². The number of nitrogens with zero attached hydrogens (tertiary/aromatic N) is 1. The summed E-state index contributed by atoms with van der Waals surface area (Å²) in [6, 6.07) is 32.4. The second-order valence-electron chi connectivity index (χ2n) is 8.03. The summed E-state index contributed by atoms with van der Waals surface area (Å²) in [5.41, 5.74) is 3.44. The van der Waals surface area contributed by atoms with Gasteiger partial charge in [0.05, 0.1) is 3.57 Å². The third-order valence-corrected chi connectivity index (χ3v) is 6.67. The Balaban J connectivity index is 1.35. The van der Waals surface area contributed by atoms with Gasteiger partial charge in [0.15, 0.2) is 0 Å². The fourth-order valence-corrected chi connectivity index (χ4v) is 4.31. The number of rotatable bonds is 9. The Labute approximate surface area is 238 Å². The lowest BCUT2D eigenvalue weighted by Crippen LogP contribution is -2.13. The Morgan fingerprint density at radius 3 is 2.24 bits per heavy atom. The Morgan fingerprint density at radius 1 is 0.892 bits per heavy atom. The normalized spacial score (nSPS) is 10.9. The van der Waals surface area contributed by atoms with Crippen LogP contribution in [0.15, 0.2) is 107 Å². The van der Waals surface area contributed by atoms with Gasteiger partial charge in [-0.3, -0.25) is 4.79 Å². The molecule has 7 heteroatoms. The number of hydrogen-bond acceptors (Lipinski definition) is 4. The highest BCUT2D eigenvalue weighted by atomic mass is 127. The summed E-state index contributed by atoms with van der Waals surface area (Å²) >= 11 is 5.61. The first-order valence-electron chi connectivity index (χ1n) is 11.4. The van der Waals surface area contributed by atoms with Crippen molar-refractivity contribution in [2.24, 2.45) is 0 Å². The Hall–Kier alpha value is -3.61. The van der Waals surface area contributed by atoms with E-state index in [1.165, 1.54) is 0 Å². The molecule has 0 saturated heterocycles. The van der Waals surface area contributed by atoms with Crippen molar-refractivity contribution in [3.63, 3.8) is 0 Å². The van der Waals surface area contributed by atoms with Crippen molar-refractivity contribution >= 4 is 56.2 Å². The van der Waals surface area contributed by atoms with Gasteiger partial charge in [-0.05, 0) is 93.9 Å². The average Bonchev–Trinajstić information content (AvgIpc) is 2.92. The number of nitrogens with one attached hydrogen (secondary N) is 1. The molecule has 4 aromatic rings. The minimum atomic E-state index is -0.481. The van der Waals surface area contributed by atoms with Crippen LogP contribution < -0.4 is 14.8 Å². The Kier molecular flexibility index (Phi) is 9.35. The van der Waals surface area contributed by atoms with E-state index in [9.17, 15) is 10.1 Å². The zero-order chi connectivity index (χ0) is 26.0. The van der Waals surface area contributed by atoms with E-state index >= 15 is 0 Å². The third kappa shape index (κ3) is 7.94. The number of anilines is 1. The monoisotopic (exact) mass is 664 g/mol. The highest BCUT2D eigenvalue weighted by molar-refractivity contribution is 14.1. The second-order valence-corrected chi connectivity index (χ2v) is 10.1. The molecule has 0 unspecified atom stereocenters. The lowest BCUT2D eigenvalue weighted by Gasteiger charge is -2.10. The highest BCUT2D eigenvalue weighted by Gasteiger charge is 2.11. The van der Waals surface area contributed by atoms with E-state index in [4.69, 9.17) is 9.47 Å². The third-order valence-electron chi connectivity index (χ3n) is 5.30. The summed E-state index contributed by atoms with van der Waals surface area (Å²) in [5, 5.41) is 12.4. The second kappa shape index (κ2) is 13.1. The Morgan fingerprint density at radius 2 is 1.57 bits per heavy atom. The SMILES string of the molecule is N#C/C(=C\c1ccc(OCc2ccc(Br)cc2)c(I)c1)C(=O)Nc1ccc(OCc2ccccc2)cc1. The minimum Gasteiger partial charge on any atom is -0.489 e. The molecule has 0 spiro atoms. The minimum absolute atomic E-state index is 0.00346. The van der Waals surface area contributed by atoms with Crippen molar-refractivity contribution in [2.75, 3.05) is 5.32 Å². The molecule has 0 heterocycles. The van der Waals surface area contributed by atoms with Crippen LogP contribution in [0.3, 0.4) is 0 Å². The van der Waals surface area contributed by atoms with Crippen molar-refractivity contribution in [1.82, 2.24) is 0 Å². The molecule has 4 rings (SSSR count). The van der Waals surface area contributed by atoms with Gasteiger partial charge in [-0.25, -0.2) is 0 Å². The molecule has 4 aromatic carbocycles. The van der Waals surface area contributed by atoms with Gasteiger partial charge >= 0.3 is 0 Å². The van der Waals surface area contributed by atoms with Crippen LogP contribution in [-0.4, -0.2) is 5.91 Å². The van der Waals surface area contributed by atoms with Crippen LogP contribution >= 0.6 is 38.5 Å². The Bertz CT molecular complexity index is 1430. The molecule has 0 saturated carbocycles. The molecule has 0 atom stereocenters. The van der Waals surface area contributed by atoms with Crippen LogP contribution in [0.25, 0.3) is 6.08 Å². The molecule has 37 heavy (non-hydrogen) atoms. The topological polar surface area (TPSA) is 71.3 Å². The van der Waals surface area contributed by atoms with E-state index in [0.29, 0.717) is 24.7 Å². The summed E-state index contributed by atoms with van der Waals surface area (Å²) in [7, 11) is 0. The van der Waals surface area contributed by atoms with Gasteiger partial charge in [0.1, 0.15) is 36.4 Å².